The summed E-state index contributed by atoms with van der Waals surface area (Å²) in [4.78, 5) is 2.54. The number of anilines is 3. The van der Waals surface area contributed by atoms with Crippen LogP contribution in [0.15, 0.2) is 133 Å². The van der Waals surface area contributed by atoms with Gasteiger partial charge in [-0.3, -0.25) is 0 Å². The van der Waals surface area contributed by atoms with Gasteiger partial charge in [-0.2, -0.15) is 0 Å². The van der Waals surface area contributed by atoms with Crippen LogP contribution >= 0.6 is 0 Å². The molecule has 1 heteroatoms. The van der Waals surface area contributed by atoms with Gasteiger partial charge >= 0.3 is 0 Å². The maximum atomic E-state index is 2.54. The fourth-order valence-electron chi connectivity index (χ4n) is 8.63. The van der Waals surface area contributed by atoms with Gasteiger partial charge in [0.05, 0.1) is 17.1 Å². The van der Waals surface area contributed by atoms with E-state index in [0.29, 0.717) is 11.8 Å². The van der Waals surface area contributed by atoms with E-state index in [0.717, 1.165) is 0 Å². The number of allylic oxidation sites excluding steroid dienone is 4. The third-order valence-corrected chi connectivity index (χ3v) is 11.0. The van der Waals surface area contributed by atoms with Crippen LogP contribution in [0.25, 0.3) is 22.8 Å². The smallest absolute Gasteiger partial charge is 0.0543 e. The van der Waals surface area contributed by atoms with E-state index in [1.54, 1.807) is 0 Å². The first-order chi connectivity index (χ1) is 21.8. The predicted molar refractivity (Wildman–Crippen MR) is 189 cm³/mol. The molecule has 1 nitrogen and oxygen atoms in total. The van der Waals surface area contributed by atoms with Gasteiger partial charge in [-0.1, -0.05) is 149 Å². The van der Waals surface area contributed by atoms with Crippen LogP contribution in [0, 0.1) is 5.92 Å². The van der Waals surface area contributed by atoms with Crippen LogP contribution in [0.4, 0.5) is 17.1 Å². The molecule has 0 radical (unpaired) electrons. The Balaban J connectivity index is 1.19. The number of fused-ring (bicyclic) bond motifs is 6. The predicted octanol–water partition coefficient (Wildman–Crippen LogP) is 9.57. The molecular weight excluding hydrogens is 542 g/mol. The zero-order valence-electron chi connectivity index (χ0n) is 26.4. The number of benzene rings is 5. The quantitative estimate of drug-likeness (QED) is 0.201. The lowest BCUT2D eigenvalue weighted by molar-refractivity contribution is 0.597. The first-order valence-electron chi connectivity index (χ1n) is 16.3. The molecule has 2 unspecified atom stereocenters. The van der Waals surface area contributed by atoms with Crippen molar-refractivity contribution in [2.24, 2.45) is 5.92 Å². The molecule has 2 aliphatic carbocycles. The van der Waals surface area contributed by atoms with E-state index in [-0.39, 0.29) is 10.8 Å². The molecule has 0 aromatic heterocycles. The molecule has 0 N–H and O–H groups in total. The lowest BCUT2D eigenvalue weighted by Crippen LogP contribution is -2.38. The third kappa shape index (κ3) is 3.67. The Morgan fingerprint density at radius 3 is 2.11 bits per heavy atom. The van der Waals surface area contributed by atoms with Gasteiger partial charge in [0.1, 0.15) is 0 Å². The van der Waals surface area contributed by atoms with Gasteiger partial charge in [-0.05, 0) is 73.2 Å². The Kier molecular flexibility index (Phi) is 5.49. The van der Waals surface area contributed by atoms with Gasteiger partial charge < -0.3 is 4.90 Å². The van der Waals surface area contributed by atoms with E-state index >= 15 is 0 Å². The highest BCUT2D eigenvalue weighted by atomic mass is 15.2. The van der Waals surface area contributed by atoms with Crippen LogP contribution in [0.2, 0.25) is 0 Å². The molecule has 0 amide bonds. The lowest BCUT2D eigenvalue weighted by Gasteiger charge is -2.49. The van der Waals surface area contributed by atoms with Crippen molar-refractivity contribution in [1.82, 2.24) is 0 Å². The third-order valence-electron chi connectivity index (χ3n) is 11.0. The van der Waals surface area contributed by atoms with Crippen molar-refractivity contribution < 1.29 is 0 Å². The lowest BCUT2D eigenvalue weighted by atomic mass is 9.66. The minimum absolute atomic E-state index is 0.0658. The molecule has 218 valence electrons. The molecule has 9 rings (SSSR count). The maximum absolute atomic E-state index is 2.54. The number of para-hydroxylation sites is 2. The van der Waals surface area contributed by atoms with Crippen molar-refractivity contribution >= 4 is 28.7 Å². The largest absolute Gasteiger partial charge is 0.309 e. The molecule has 5 aromatic rings. The summed E-state index contributed by atoms with van der Waals surface area (Å²) in [5.41, 5.74) is 14.6. The van der Waals surface area contributed by atoms with Gasteiger partial charge in [-0.25, -0.2) is 0 Å². The Hall–Kier alpha value is -4.88. The second-order valence-electron chi connectivity index (χ2n) is 14.2. The average molecular weight is 580 g/mol. The Labute approximate surface area is 266 Å². The zero-order chi connectivity index (χ0) is 30.5. The number of hydrogen-bond donors (Lipinski definition) is 0. The molecule has 0 bridgehead atoms. The zero-order valence-corrected chi connectivity index (χ0v) is 26.4. The molecule has 0 saturated carbocycles. The van der Waals surface area contributed by atoms with Crippen molar-refractivity contribution in [1.29, 1.82) is 0 Å². The normalized spacial score (nSPS) is 20.7. The van der Waals surface area contributed by atoms with E-state index < -0.39 is 0 Å². The summed E-state index contributed by atoms with van der Waals surface area (Å²) >= 11 is 0. The molecule has 5 aromatic carbocycles. The Bertz CT molecular complexity index is 2240. The minimum Gasteiger partial charge on any atom is -0.309 e. The summed E-state index contributed by atoms with van der Waals surface area (Å²) in [6, 6.07) is 41.2. The van der Waals surface area contributed by atoms with Crippen LogP contribution in [-0.2, 0) is 10.8 Å². The molecular formula is C44H37N. The molecule has 2 heterocycles. The van der Waals surface area contributed by atoms with Crippen LogP contribution in [0.3, 0.4) is 0 Å². The summed E-state index contributed by atoms with van der Waals surface area (Å²) in [5, 5.41) is 2.69. The topological polar surface area (TPSA) is 3.24 Å². The average Bonchev–Trinajstić information content (AvgIpc) is 3.07. The van der Waals surface area contributed by atoms with Crippen molar-refractivity contribution in [2.75, 3.05) is 4.90 Å². The van der Waals surface area contributed by atoms with Crippen LogP contribution in [0.5, 0.6) is 0 Å². The molecule has 4 aliphatic rings. The van der Waals surface area contributed by atoms with Crippen LogP contribution in [0.1, 0.15) is 61.4 Å². The van der Waals surface area contributed by atoms with Crippen molar-refractivity contribution in [3.8, 4) is 11.1 Å². The van der Waals surface area contributed by atoms with Gasteiger partial charge in [0.15, 0.2) is 0 Å². The van der Waals surface area contributed by atoms with E-state index in [1.807, 2.05) is 0 Å². The van der Waals surface area contributed by atoms with Gasteiger partial charge in [0.2, 0.25) is 0 Å². The number of nitrogens with zero attached hydrogens (tertiary/aromatic N) is 1. The second kappa shape index (κ2) is 9.31. The van der Waals surface area contributed by atoms with Crippen LogP contribution < -0.4 is 15.3 Å². The highest BCUT2D eigenvalue weighted by Gasteiger charge is 2.45. The molecule has 0 saturated heterocycles. The summed E-state index contributed by atoms with van der Waals surface area (Å²) in [5.74, 6) is 0.639. The van der Waals surface area contributed by atoms with Gasteiger partial charge in [-0.15, -0.1) is 0 Å². The summed E-state index contributed by atoms with van der Waals surface area (Å²) < 4.78 is 0. The second-order valence-corrected chi connectivity index (χ2v) is 14.2. The molecule has 0 spiro atoms. The minimum atomic E-state index is -0.142. The van der Waals surface area contributed by atoms with E-state index in [2.05, 4.69) is 172 Å². The van der Waals surface area contributed by atoms with E-state index in [4.69, 9.17) is 0 Å². The molecule has 45 heavy (non-hydrogen) atoms. The monoisotopic (exact) mass is 579 g/mol. The molecule has 2 atom stereocenters. The van der Waals surface area contributed by atoms with E-state index in [1.165, 1.54) is 72.0 Å². The summed E-state index contributed by atoms with van der Waals surface area (Å²) in [6.45, 7) is 9.56. The van der Waals surface area contributed by atoms with Crippen molar-refractivity contribution in [3.63, 3.8) is 0 Å². The van der Waals surface area contributed by atoms with Crippen molar-refractivity contribution in [2.45, 2.75) is 44.4 Å². The SMILES string of the molecule is CC1(C)c2ccccc2N2c3ccc(-c4cccc(C5C=c6ccccc6=C6C=CC=CC65)c4)cc3C(C)(C)c3cccc1c32. The number of hydrogen-bond acceptors (Lipinski definition) is 1. The summed E-state index contributed by atoms with van der Waals surface area (Å²) in [6.07, 6.45) is 11.6. The Morgan fingerprint density at radius 2 is 1.24 bits per heavy atom. The molecule has 2 aliphatic heterocycles. The molecule has 0 fully saturated rings. The number of rotatable bonds is 2. The fraction of sp³-hybridized carbons (Fsp3) is 0.182. The van der Waals surface area contributed by atoms with Crippen LogP contribution in [-0.4, -0.2) is 0 Å². The maximum Gasteiger partial charge on any atom is 0.0543 e. The summed E-state index contributed by atoms with van der Waals surface area (Å²) in [7, 11) is 0. The fourth-order valence-corrected chi connectivity index (χ4v) is 8.63. The highest BCUT2D eigenvalue weighted by molar-refractivity contribution is 5.93. The first kappa shape index (κ1) is 26.5. The Morgan fingerprint density at radius 1 is 0.556 bits per heavy atom. The van der Waals surface area contributed by atoms with E-state index in [9.17, 15) is 0 Å². The van der Waals surface area contributed by atoms with Gasteiger partial charge in [0, 0.05) is 22.7 Å². The van der Waals surface area contributed by atoms with Gasteiger partial charge in [0.25, 0.3) is 0 Å². The highest BCUT2D eigenvalue weighted by Crippen LogP contribution is 2.60. The standard InChI is InChI=1S/C44H37N/c1-43(2)36-19-9-10-22-40(36)45-41-24-23-29(27-39(41)44(3,4)38-21-12-20-37(43)42(38)45)28-14-11-15-30(25-28)35-26-31-13-5-6-16-32(31)33-17-7-8-18-34(33)35/h5-27,34-35H,1-4H3. The van der Waals surface area contributed by atoms with Crippen molar-refractivity contribution in [3.05, 3.63) is 172 Å². The first-order valence-corrected chi connectivity index (χ1v) is 16.3.